The minimum absolute atomic E-state index is 0.0681. The standard InChI is InChI=1S/C17H11BrClF2N3O2/c18-12-7-10(19)1-4-16(12)26-9-24-6-5-15(23-24)17(25)22-11-2-3-13(20)14(21)8-11/h1-8H,9H2,(H,22,25). The lowest BCUT2D eigenvalue weighted by molar-refractivity contribution is 0.102. The van der Waals surface area contributed by atoms with Gasteiger partial charge in [0.05, 0.1) is 4.47 Å². The van der Waals surface area contributed by atoms with Crippen molar-refractivity contribution < 1.29 is 18.3 Å². The molecule has 5 nitrogen and oxygen atoms in total. The maximum atomic E-state index is 13.2. The lowest BCUT2D eigenvalue weighted by Crippen LogP contribution is -2.14. The lowest BCUT2D eigenvalue weighted by atomic mass is 10.3. The molecule has 1 heterocycles. The Bertz CT molecular complexity index is 965. The number of nitrogens with one attached hydrogen (secondary N) is 1. The number of halogens is 4. The maximum absolute atomic E-state index is 13.2. The van der Waals surface area contributed by atoms with Crippen molar-refractivity contribution in [3.63, 3.8) is 0 Å². The van der Waals surface area contributed by atoms with Gasteiger partial charge in [0.25, 0.3) is 5.91 Å². The number of ether oxygens (including phenoxy) is 1. The minimum atomic E-state index is -1.05. The van der Waals surface area contributed by atoms with E-state index in [-0.39, 0.29) is 18.1 Å². The third-order valence-electron chi connectivity index (χ3n) is 3.30. The molecule has 0 aliphatic rings. The Morgan fingerprint density at radius 3 is 2.73 bits per heavy atom. The number of amides is 1. The Labute approximate surface area is 160 Å². The molecule has 1 aromatic heterocycles. The third kappa shape index (κ3) is 4.39. The summed E-state index contributed by atoms with van der Waals surface area (Å²) in [5, 5.41) is 7.09. The summed E-state index contributed by atoms with van der Waals surface area (Å²) in [6, 6.07) is 9.65. The van der Waals surface area contributed by atoms with E-state index in [1.54, 1.807) is 24.4 Å². The van der Waals surface area contributed by atoms with Crippen LogP contribution in [0.4, 0.5) is 14.5 Å². The van der Waals surface area contributed by atoms with Crippen molar-refractivity contribution in [2.45, 2.75) is 6.73 Å². The van der Waals surface area contributed by atoms with Gasteiger partial charge in [0, 0.05) is 23.0 Å². The van der Waals surface area contributed by atoms with Crippen molar-refractivity contribution >= 4 is 39.1 Å². The van der Waals surface area contributed by atoms with Crippen LogP contribution in [0.15, 0.2) is 53.1 Å². The first-order valence-corrected chi connectivity index (χ1v) is 8.47. The fourth-order valence-electron chi connectivity index (χ4n) is 2.05. The van der Waals surface area contributed by atoms with Crippen molar-refractivity contribution in [2.24, 2.45) is 0 Å². The zero-order chi connectivity index (χ0) is 18.7. The Morgan fingerprint density at radius 1 is 1.19 bits per heavy atom. The first-order chi connectivity index (χ1) is 12.4. The largest absolute Gasteiger partial charge is 0.470 e. The smallest absolute Gasteiger partial charge is 0.276 e. The molecule has 0 saturated carbocycles. The van der Waals surface area contributed by atoms with Gasteiger partial charge in [-0.15, -0.1) is 0 Å². The molecule has 9 heteroatoms. The van der Waals surface area contributed by atoms with Crippen molar-refractivity contribution in [3.05, 3.63) is 75.5 Å². The summed E-state index contributed by atoms with van der Waals surface area (Å²) >= 11 is 9.20. The van der Waals surface area contributed by atoms with Gasteiger partial charge in [-0.25, -0.2) is 13.5 Å². The van der Waals surface area contributed by atoms with Gasteiger partial charge in [0.1, 0.15) is 5.75 Å². The SMILES string of the molecule is O=C(Nc1ccc(F)c(F)c1)c1ccn(COc2ccc(Cl)cc2Br)n1. The third-order valence-corrected chi connectivity index (χ3v) is 4.15. The molecule has 0 aliphatic carbocycles. The van der Waals surface area contributed by atoms with Gasteiger partial charge in [-0.05, 0) is 52.3 Å². The van der Waals surface area contributed by atoms with Gasteiger partial charge in [0.2, 0.25) is 0 Å². The summed E-state index contributed by atoms with van der Waals surface area (Å²) in [4.78, 5) is 12.1. The number of carbonyl (C=O) groups excluding carboxylic acids is 1. The highest BCUT2D eigenvalue weighted by molar-refractivity contribution is 9.10. The van der Waals surface area contributed by atoms with E-state index in [1.807, 2.05) is 0 Å². The Hall–Kier alpha value is -2.45. The van der Waals surface area contributed by atoms with Crippen molar-refractivity contribution in [1.82, 2.24) is 9.78 Å². The van der Waals surface area contributed by atoms with Crippen molar-refractivity contribution in [3.8, 4) is 5.75 Å². The number of aromatic nitrogens is 2. The number of rotatable bonds is 5. The predicted molar refractivity (Wildman–Crippen MR) is 96.3 cm³/mol. The van der Waals surface area contributed by atoms with Crippen LogP contribution < -0.4 is 10.1 Å². The fraction of sp³-hybridized carbons (Fsp3) is 0.0588. The molecule has 0 bridgehead atoms. The zero-order valence-electron chi connectivity index (χ0n) is 13.0. The van der Waals surface area contributed by atoms with E-state index in [4.69, 9.17) is 16.3 Å². The summed E-state index contributed by atoms with van der Waals surface area (Å²) in [6.45, 7) is 0.0681. The average Bonchev–Trinajstić information content (AvgIpc) is 3.06. The van der Waals surface area contributed by atoms with Crippen LogP contribution >= 0.6 is 27.5 Å². The molecule has 3 aromatic rings. The van der Waals surface area contributed by atoms with Gasteiger partial charge in [-0.1, -0.05) is 11.6 Å². The molecule has 0 unspecified atom stereocenters. The van der Waals surface area contributed by atoms with E-state index in [9.17, 15) is 13.6 Å². The molecular formula is C17H11BrClF2N3O2. The summed E-state index contributed by atoms with van der Waals surface area (Å²) in [5.74, 6) is -2.02. The van der Waals surface area contributed by atoms with Gasteiger partial charge in [-0.2, -0.15) is 5.10 Å². The molecule has 3 rings (SSSR count). The highest BCUT2D eigenvalue weighted by atomic mass is 79.9. The molecule has 1 amide bonds. The molecule has 0 radical (unpaired) electrons. The van der Waals surface area contributed by atoms with Crippen LogP contribution in [0.2, 0.25) is 5.02 Å². The van der Waals surface area contributed by atoms with Crippen LogP contribution in [0.3, 0.4) is 0 Å². The van der Waals surface area contributed by atoms with Crippen LogP contribution in [0, 0.1) is 11.6 Å². The minimum Gasteiger partial charge on any atom is -0.470 e. The van der Waals surface area contributed by atoms with Crippen LogP contribution in [0.25, 0.3) is 0 Å². The second-order valence-electron chi connectivity index (χ2n) is 5.17. The van der Waals surface area contributed by atoms with E-state index in [2.05, 4.69) is 26.3 Å². The highest BCUT2D eigenvalue weighted by Crippen LogP contribution is 2.28. The first-order valence-electron chi connectivity index (χ1n) is 7.30. The molecule has 134 valence electrons. The molecular weight excluding hydrogens is 432 g/mol. The van der Waals surface area contributed by atoms with Crippen LogP contribution in [0.5, 0.6) is 5.75 Å². The number of benzene rings is 2. The Kier molecular flexibility index (Phi) is 5.53. The molecule has 0 atom stereocenters. The monoisotopic (exact) mass is 441 g/mol. The average molecular weight is 443 g/mol. The molecule has 0 fully saturated rings. The second kappa shape index (κ2) is 7.84. The Morgan fingerprint density at radius 2 is 2.00 bits per heavy atom. The quantitative estimate of drug-likeness (QED) is 0.614. The van der Waals surface area contributed by atoms with Crippen LogP contribution in [0.1, 0.15) is 10.5 Å². The number of hydrogen-bond donors (Lipinski definition) is 1. The molecule has 0 saturated heterocycles. The van der Waals surface area contributed by atoms with Gasteiger partial charge in [-0.3, -0.25) is 4.79 Å². The van der Waals surface area contributed by atoms with Crippen LogP contribution in [-0.4, -0.2) is 15.7 Å². The van der Waals surface area contributed by atoms with Crippen LogP contribution in [-0.2, 0) is 6.73 Å². The first kappa shape index (κ1) is 18.3. The molecule has 0 aliphatic heterocycles. The lowest BCUT2D eigenvalue weighted by Gasteiger charge is -2.08. The highest BCUT2D eigenvalue weighted by Gasteiger charge is 2.12. The van der Waals surface area contributed by atoms with E-state index in [0.717, 1.165) is 12.1 Å². The van der Waals surface area contributed by atoms with E-state index < -0.39 is 17.5 Å². The normalized spacial score (nSPS) is 10.6. The zero-order valence-corrected chi connectivity index (χ0v) is 15.4. The molecule has 0 spiro atoms. The van der Waals surface area contributed by atoms with Gasteiger partial charge < -0.3 is 10.1 Å². The predicted octanol–water partition coefficient (Wildman–Crippen LogP) is 4.87. The molecule has 1 N–H and O–H groups in total. The van der Waals surface area contributed by atoms with E-state index >= 15 is 0 Å². The second-order valence-corrected chi connectivity index (χ2v) is 6.46. The van der Waals surface area contributed by atoms with Crippen molar-refractivity contribution in [1.29, 1.82) is 0 Å². The maximum Gasteiger partial charge on any atom is 0.276 e. The van der Waals surface area contributed by atoms with E-state index in [1.165, 1.54) is 16.8 Å². The molecule has 26 heavy (non-hydrogen) atoms. The summed E-state index contributed by atoms with van der Waals surface area (Å²) in [6.07, 6.45) is 1.56. The number of carbonyl (C=O) groups is 1. The number of hydrogen-bond acceptors (Lipinski definition) is 3. The summed E-state index contributed by atoms with van der Waals surface area (Å²) in [7, 11) is 0. The van der Waals surface area contributed by atoms with Crippen molar-refractivity contribution in [2.75, 3.05) is 5.32 Å². The number of anilines is 1. The Balaban J connectivity index is 1.63. The molecule has 2 aromatic carbocycles. The van der Waals surface area contributed by atoms with Gasteiger partial charge in [0.15, 0.2) is 24.1 Å². The van der Waals surface area contributed by atoms with E-state index in [0.29, 0.717) is 15.2 Å². The summed E-state index contributed by atoms with van der Waals surface area (Å²) < 4.78 is 33.8. The fourth-order valence-corrected chi connectivity index (χ4v) is 2.85. The topological polar surface area (TPSA) is 56.2 Å². The summed E-state index contributed by atoms with van der Waals surface area (Å²) in [5.41, 5.74) is 0.235. The van der Waals surface area contributed by atoms with Gasteiger partial charge >= 0.3 is 0 Å². The number of nitrogens with zero attached hydrogens (tertiary/aromatic N) is 2.